The summed E-state index contributed by atoms with van der Waals surface area (Å²) in [6.45, 7) is 1.20. The highest BCUT2D eigenvalue weighted by Crippen LogP contribution is 2.17. The second-order valence-corrected chi connectivity index (χ2v) is 2.26. The fraction of sp³-hybridized carbons (Fsp3) is 0.286. The molecular weight excluding hydrogens is 130 g/mol. The van der Waals surface area contributed by atoms with Gasteiger partial charge in [0.2, 0.25) is 0 Å². The van der Waals surface area contributed by atoms with Crippen LogP contribution < -0.4 is 0 Å². The molecule has 2 heterocycles. The molecule has 2 aliphatic heterocycles. The Labute approximate surface area is 58.6 Å². The summed E-state index contributed by atoms with van der Waals surface area (Å²) < 4.78 is 4.78. The number of fused-ring (bicyclic) bond motifs is 1. The second kappa shape index (κ2) is 1.87. The van der Waals surface area contributed by atoms with Gasteiger partial charge in [-0.25, -0.2) is 4.79 Å². The van der Waals surface area contributed by atoms with Gasteiger partial charge in [-0.2, -0.15) is 0 Å². The first-order valence-corrected chi connectivity index (χ1v) is 3.17. The number of hydrogen-bond donors (Lipinski definition) is 0. The van der Waals surface area contributed by atoms with Crippen LogP contribution in [0.25, 0.3) is 0 Å². The van der Waals surface area contributed by atoms with E-state index >= 15 is 0 Å². The van der Waals surface area contributed by atoms with Crippen LogP contribution in [-0.4, -0.2) is 24.1 Å². The zero-order valence-electron chi connectivity index (χ0n) is 5.41. The molecule has 0 saturated carbocycles. The molecule has 0 atom stereocenters. The highest BCUT2D eigenvalue weighted by molar-refractivity contribution is 5.90. The van der Waals surface area contributed by atoms with Crippen molar-refractivity contribution in [2.45, 2.75) is 0 Å². The van der Waals surface area contributed by atoms with E-state index in [1.54, 1.807) is 6.08 Å². The van der Waals surface area contributed by atoms with Crippen molar-refractivity contribution in [3.63, 3.8) is 0 Å². The molecule has 2 rings (SSSR count). The largest absolute Gasteiger partial charge is 0.440 e. The lowest BCUT2D eigenvalue weighted by Gasteiger charge is -2.14. The molecule has 0 aromatic heterocycles. The Kier molecular flexibility index (Phi) is 1.03. The van der Waals surface area contributed by atoms with Gasteiger partial charge in [-0.3, -0.25) is 0 Å². The summed E-state index contributed by atoms with van der Waals surface area (Å²) in [5.74, 6) is -0.204. The van der Waals surface area contributed by atoms with Gasteiger partial charge in [-0.1, -0.05) is 12.2 Å². The molecule has 3 nitrogen and oxygen atoms in total. The molecule has 0 bridgehead atoms. The van der Waals surface area contributed by atoms with Crippen LogP contribution >= 0.6 is 0 Å². The molecule has 0 aliphatic carbocycles. The Bertz CT molecular complexity index is 230. The Balaban J connectivity index is 2.33. The van der Waals surface area contributed by atoms with Crippen molar-refractivity contribution in [3.8, 4) is 0 Å². The number of carbonyl (C=O) groups is 1. The molecule has 0 aromatic rings. The fourth-order valence-corrected chi connectivity index (χ4v) is 1.08. The maximum absolute atomic E-state index is 10.8. The Morgan fingerprint density at radius 2 is 2.50 bits per heavy atom. The average Bonchev–Trinajstić information content (AvgIpc) is 2.34. The number of nitrogens with zero attached hydrogens (tertiary/aromatic N) is 1. The monoisotopic (exact) mass is 137 g/mol. The van der Waals surface area contributed by atoms with Crippen molar-refractivity contribution in [3.05, 3.63) is 23.9 Å². The quantitative estimate of drug-likeness (QED) is 0.448. The minimum absolute atomic E-state index is 0.204. The maximum Gasteiger partial charge on any atom is 0.356 e. The van der Waals surface area contributed by atoms with Gasteiger partial charge in [0.15, 0.2) is 6.73 Å². The summed E-state index contributed by atoms with van der Waals surface area (Å²) in [5, 5.41) is 0. The number of allylic oxidation sites excluding steroid dienone is 2. The van der Waals surface area contributed by atoms with E-state index in [9.17, 15) is 4.79 Å². The molecule has 1 fully saturated rings. The van der Waals surface area contributed by atoms with Gasteiger partial charge in [-0.15, -0.1) is 0 Å². The predicted octanol–water partition coefficient (Wildman–Crippen LogP) is 0.256. The van der Waals surface area contributed by atoms with E-state index < -0.39 is 0 Å². The normalized spacial score (nSPS) is 22.2. The lowest BCUT2D eigenvalue weighted by atomic mass is 10.3. The minimum Gasteiger partial charge on any atom is -0.440 e. The zero-order valence-corrected chi connectivity index (χ0v) is 5.41. The minimum atomic E-state index is -0.204. The van der Waals surface area contributed by atoms with E-state index in [0.717, 1.165) is 6.54 Å². The smallest absolute Gasteiger partial charge is 0.356 e. The van der Waals surface area contributed by atoms with Crippen LogP contribution in [0.4, 0.5) is 0 Å². The van der Waals surface area contributed by atoms with Crippen molar-refractivity contribution in [2.24, 2.45) is 0 Å². The first-order valence-electron chi connectivity index (χ1n) is 3.17. The summed E-state index contributed by atoms with van der Waals surface area (Å²) in [5.41, 5.74) is 0.683. The fourth-order valence-electron chi connectivity index (χ4n) is 1.08. The van der Waals surface area contributed by atoms with Gasteiger partial charge in [0, 0.05) is 6.54 Å². The molecule has 0 amide bonds. The highest BCUT2D eigenvalue weighted by Gasteiger charge is 2.26. The first kappa shape index (κ1) is 5.53. The molecule has 2 aliphatic rings. The van der Waals surface area contributed by atoms with Gasteiger partial charge >= 0.3 is 5.97 Å². The summed E-state index contributed by atoms with van der Waals surface area (Å²) in [7, 11) is 0. The SMILES string of the molecule is O=C1OCN2CC=CC=C12. The van der Waals surface area contributed by atoms with Crippen LogP contribution in [0.1, 0.15) is 0 Å². The van der Waals surface area contributed by atoms with Gasteiger partial charge < -0.3 is 9.64 Å². The third kappa shape index (κ3) is 0.635. The van der Waals surface area contributed by atoms with E-state index in [0.29, 0.717) is 12.4 Å². The van der Waals surface area contributed by atoms with Crippen molar-refractivity contribution >= 4 is 5.97 Å². The molecule has 0 aromatic carbocycles. The molecule has 0 N–H and O–H groups in total. The van der Waals surface area contributed by atoms with E-state index in [-0.39, 0.29) is 5.97 Å². The lowest BCUT2D eigenvalue weighted by Crippen LogP contribution is -2.20. The molecule has 0 spiro atoms. The molecular formula is C7H7NO2. The Morgan fingerprint density at radius 3 is 3.30 bits per heavy atom. The summed E-state index contributed by atoms with van der Waals surface area (Å²) in [6, 6.07) is 0. The van der Waals surface area contributed by atoms with Crippen LogP contribution in [-0.2, 0) is 9.53 Å². The summed E-state index contributed by atoms with van der Waals surface area (Å²) in [6.07, 6.45) is 5.64. The first-order chi connectivity index (χ1) is 4.88. The van der Waals surface area contributed by atoms with Crippen LogP contribution in [0, 0.1) is 0 Å². The average molecular weight is 137 g/mol. The maximum atomic E-state index is 10.8. The number of cyclic esters (lactones) is 1. The van der Waals surface area contributed by atoms with Gasteiger partial charge in [0.1, 0.15) is 5.70 Å². The Hall–Kier alpha value is -1.25. The van der Waals surface area contributed by atoms with Crippen LogP contribution in [0.15, 0.2) is 23.9 Å². The Morgan fingerprint density at radius 1 is 1.60 bits per heavy atom. The highest BCUT2D eigenvalue weighted by atomic mass is 16.6. The molecule has 0 radical (unpaired) electrons. The molecule has 10 heavy (non-hydrogen) atoms. The summed E-state index contributed by atoms with van der Waals surface area (Å²) in [4.78, 5) is 12.7. The van der Waals surface area contributed by atoms with E-state index in [1.807, 2.05) is 17.1 Å². The standard InChI is InChI=1S/C7H7NO2/c9-7-6-3-1-2-4-8(6)5-10-7/h1-3H,4-5H2. The number of hydrogen-bond acceptors (Lipinski definition) is 3. The predicted molar refractivity (Wildman–Crippen MR) is 34.9 cm³/mol. The zero-order chi connectivity index (χ0) is 6.97. The number of carbonyl (C=O) groups excluding carboxylic acids is 1. The van der Waals surface area contributed by atoms with Gasteiger partial charge in [0.25, 0.3) is 0 Å². The third-order valence-corrected chi connectivity index (χ3v) is 1.62. The van der Waals surface area contributed by atoms with Crippen molar-refractivity contribution in [1.29, 1.82) is 0 Å². The van der Waals surface area contributed by atoms with Gasteiger partial charge in [-0.05, 0) is 6.08 Å². The van der Waals surface area contributed by atoms with Crippen molar-refractivity contribution in [2.75, 3.05) is 13.3 Å². The topological polar surface area (TPSA) is 29.5 Å². The van der Waals surface area contributed by atoms with E-state index in [1.165, 1.54) is 0 Å². The number of ether oxygens (including phenoxy) is 1. The second-order valence-electron chi connectivity index (χ2n) is 2.26. The number of rotatable bonds is 0. The molecule has 0 unspecified atom stereocenters. The summed E-state index contributed by atoms with van der Waals surface area (Å²) >= 11 is 0. The van der Waals surface area contributed by atoms with Crippen molar-refractivity contribution < 1.29 is 9.53 Å². The lowest BCUT2D eigenvalue weighted by molar-refractivity contribution is -0.135. The van der Waals surface area contributed by atoms with Gasteiger partial charge in [0.05, 0.1) is 0 Å². The van der Waals surface area contributed by atoms with E-state index in [4.69, 9.17) is 4.74 Å². The number of esters is 1. The molecule has 1 saturated heterocycles. The van der Waals surface area contributed by atoms with Crippen LogP contribution in [0.5, 0.6) is 0 Å². The molecule has 3 heteroatoms. The third-order valence-electron chi connectivity index (χ3n) is 1.62. The van der Waals surface area contributed by atoms with Crippen LogP contribution in [0.2, 0.25) is 0 Å². The molecule has 52 valence electrons. The van der Waals surface area contributed by atoms with E-state index in [2.05, 4.69) is 0 Å². The van der Waals surface area contributed by atoms with Crippen molar-refractivity contribution in [1.82, 2.24) is 4.90 Å². The van der Waals surface area contributed by atoms with Crippen LogP contribution in [0.3, 0.4) is 0 Å².